The summed E-state index contributed by atoms with van der Waals surface area (Å²) >= 11 is 0. The first-order valence-electron chi connectivity index (χ1n) is 4.57. The molecule has 1 heteroatoms. The monoisotopic (exact) mass is 166 g/mol. The van der Waals surface area contributed by atoms with Crippen LogP contribution in [0, 0.1) is 10.8 Å². The Morgan fingerprint density at radius 2 is 1.83 bits per heavy atom. The number of carbonyl (C=O) groups excluding carboxylic acids is 1. The van der Waals surface area contributed by atoms with Crippen LogP contribution in [-0.2, 0) is 4.79 Å². The SMILES string of the molecule is CC(C)(C)C=CC(=O)C1(C)CC1. The molecule has 68 valence electrons. The Labute approximate surface area is 74.9 Å². The van der Waals surface area contributed by atoms with E-state index in [-0.39, 0.29) is 10.8 Å². The zero-order chi connectivity index (χ0) is 9.41. The Kier molecular flexibility index (Phi) is 2.15. The van der Waals surface area contributed by atoms with E-state index >= 15 is 0 Å². The second kappa shape index (κ2) is 2.72. The van der Waals surface area contributed by atoms with Gasteiger partial charge in [0.2, 0.25) is 0 Å². The molecular weight excluding hydrogens is 148 g/mol. The Hall–Kier alpha value is -0.590. The summed E-state index contributed by atoms with van der Waals surface area (Å²) in [5.74, 6) is 0.303. The van der Waals surface area contributed by atoms with E-state index in [1.165, 1.54) is 0 Å². The summed E-state index contributed by atoms with van der Waals surface area (Å²) in [5.41, 5.74) is 0.128. The van der Waals surface area contributed by atoms with E-state index in [0.717, 1.165) is 12.8 Å². The number of carbonyl (C=O) groups is 1. The second-order valence-corrected chi connectivity index (χ2v) is 5.12. The maximum atomic E-state index is 11.5. The van der Waals surface area contributed by atoms with Gasteiger partial charge in [-0.25, -0.2) is 0 Å². The average Bonchev–Trinajstić information content (AvgIpc) is 2.62. The number of hydrogen-bond donors (Lipinski definition) is 0. The molecule has 0 aromatic heterocycles. The molecule has 0 amide bonds. The van der Waals surface area contributed by atoms with Gasteiger partial charge in [0.25, 0.3) is 0 Å². The highest BCUT2D eigenvalue weighted by molar-refractivity contribution is 5.96. The van der Waals surface area contributed by atoms with Gasteiger partial charge in [-0.1, -0.05) is 33.8 Å². The molecule has 1 nitrogen and oxygen atoms in total. The Balaban J connectivity index is 2.52. The van der Waals surface area contributed by atoms with E-state index in [1.807, 2.05) is 13.0 Å². The smallest absolute Gasteiger partial charge is 0.161 e. The highest BCUT2D eigenvalue weighted by Crippen LogP contribution is 2.46. The van der Waals surface area contributed by atoms with Gasteiger partial charge >= 0.3 is 0 Å². The van der Waals surface area contributed by atoms with Gasteiger partial charge in [-0.2, -0.15) is 0 Å². The van der Waals surface area contributed by atoms with Crippen molar-refractivity contribution in [3.05, 3.63) is 12.2 Å². The zero-order valence-corrected chi connectivity index (χ0v) is 8.48. The standard InChI is InChI=1S/C11H18O/c1-10(2,3)6-5-9(12)11(4)7-8-11/h5-6H,7-8H2,1-4H3. The van der Waals surface area contributed by atoms with Crippen LogP contribution in [0.3, 0.4) is 0 Å². The first kappa shape index (κ1) is 9.50. The number of ketones is 1. The van der Waals surface area contributed by atoms with Crippen molar-refractivity contribution >= 4 is 5.78 Å². The molecule has 0 radical (unpaired) electrons. The lowest BCUT2D eigenvalue weighted by Gasteiger charge is -2.11. The minimum Gasteiger partial charge on any atom is -0.294 e. The van der Waals surface area contributed by atoms with Crippen LogP contribution in [0.5, 0.6) is 0 Å². The zero-order valence-electron chi connectivity index (χ0n) is 8.48. The van der Waals surface area contributed by atoms with Gasteiger partial charge in [-0.05, 0) is 24.3 Å². The third-order valence-corrected chi connectivity index (χ3v) is 2.33. The Bertz CT molecular complexity index is 214. The third-order valence-electron chi connectivity index (χ3n) is 2.33. The van der Waals surface area contributed by atoms with Crippen molar-refractivity contribution in [3.63, 3.8) is 0 Å². The fourth-order valence-corrected chi connectivity index (χ4v) is 0.961. The molecule has 0 aromatic carbocycles. The van der Waals surface area contributed by atoms with E-state index in [9.17, 15) is 4.79 Å². The van der Waals surface area contributed by atoms with Crippen molar-refractivity contribution in [2.45, 2.75) is 40.5 Å². The summed E-state index contributed by atoms with van der Waals surface area (Å²) in [7, 11) is 0. The highest BCUT2D eigenvalue weighted by Gasteiger charge is 2.43. The maximum Gasteiger partial charge on any atom is 0.161 e. The lowest BCUT2D eigenvalue weighted by Crippen LogP contribution is -2.09. The highest BCUT2D eigenvalue weighted by atomic mass is 16.1. The summed E-state index contributed by atoms with van der Waals surface area (Å²) in [6.07, 6.45) is 5.90. The van der Waals surface area contributed by atoms with Crippen molar-refractivity contribution in [1.82, 2.24) is 0 Å². The van der Waals surface area contributed by atoms with Crippen LogP contribution in [0.25, 0.3) is 0 Å². The average molecular weight is 166 g/mol. The fraction of sp³-hybridized carbons (Fsp3) is 0.727. The van der Waals surface area contributed by atoms with E-state index in [2.05, 4.69) is 20.8 Å². The molecular formula is C11H18O. The normalized spacial score (nSPS) is 21.3. The number of allylic oxidation sites excluding steroid dienone is 2. The molecule has 0 spiro atoms. The predicted octanol–water partition coefficient (Wildman–Crippen LogP) is 2.96. The van der Waals surface area contributed by atoms with Crippen LogP contribution in [-0.4, -0.2) is 5.78 Å². The number of hydrogen-bond acceptors (Lipinski definition) is 1. The lowest BCUT2D eigenvalue weighted by atomic mass is 9.94. The molecule has 0 unspecified atom stereocenters. The van der Waals surface area contributed by atoms with Gasteiger partial charge in [0.1, 0.15) is 0 Å². The largest absolute Gasteiger partial charge is 0.294 e. The van der Waals surface area contributed by atoms with Crippen molar-refractivity contribution in [3.8, 4) is 0 Å². The summed E-state index contributed by atoms with van der Waals surface area (Å²) in [5, 5.41) is 0. The Morgan fingerprint density at radius 1 is 1.33 bits per heavy atom. The molecule has 1 saturated carbocycles. The molecule has 12 heavy (non-hydrogen) atoms. The van der Waals surface area contributed by atoms with Crippen molar-refractivity contribution in [2.75, 3.05) is 0 Å². The van der Waals surface area contributed by atoms with Crippen molar-refractivity contribution in [1.29, 1.82) is 0 Å². The van der Waals surface area contributed by atoms with Crippen molar-refractivity contribution < 1.29 is 4.79 Å². The summed E-state index contributed by atoms with van der Waals surface area (Å²) in [6, 6.07) is 0. The molecule has 0 saturated heterocycles. The summed E-state index contributed by atoms with van der Waals surface area (Å²) in [4.78, 5) is 11.5. The summed E-state index contributed by atoms with van der Waals surface area (Å²) < 4.78 is 0. The first-order chi connectivity index (χ1) is 5.33. The molecule has 1 aliphatic rings. The van der Waals surface area contributed by atoms with Crippen LogP contribution >= 0.6 is 0 Å². The molecule has 0 aliphatic heterocycles. The quantitative estimate of drug-likeness (QED) is 0.576. The third kappa shape index (κ3) is 2.47. The maximum absolute atomic E-state index is 11.5. The minimum absolute atomic E-state index is 0.00174. The second-order valence-electron chi connectivity index (χ2n) is 5.12. The van der Waals surface area contributed by atoms with Gasteiger partial charge in [0.15, 0.2) is 5.78 Å². The topological polar surface area (TPSA) is 17.1 Å². The van der Waals surface area contributed by atoms with E-state index in [0.29, 0.717) is 5.78 Å². The van der Waals surface area contributed by atoms with Gasteiger partial charge in [0, 0.05) is 5.41 Å². The van der Waals surface area contributed by atoms with Gasteiger partial charge in [0.05, 0.1) is 0 Å². The molecule has 0 heterocycles. The molecule has 0 N–H and O–H groups in total. The van der Waals surface area contributed by atoms with Crippen LogP contribution in [0.2, 0.25) is 0 Å². The van der Waals surface area contributed by atoms with E-state index in [4.69, 9.17) is 0 Å². The van der Waals surface area contributed by atoms with Gasteiger partial charge in [-0.15, -0.1) is 0 Å². The van der Waals surface area contributed by atoms with Crippen LogP contribution in [0.15, 0.2) is 12.2 Å². The Morgan fingerprint density at radius 3 is 2.17 bits per heavy atom. The predicted molar refractivity (Wildman–Crippen MR) is 50.9 cm³/mol. The van der Waals surface area contributed by atoms with Crippen LogP contribution in [0.1, 0.15) is 40.5 Å². The molecule has 0 atom stereocenters. The van der Waals surface area contributed by atoms with Crippen molar-refractivity contribution in [2.24, 2.45) is 10.8 Å². The fourth-order valence-electron chi connectivity index (χ4n) is 0.961. The van der Waals surface area contributed by atoms with Crippen LogP contribution in [0.4, 0.5) is 0 Å². The molecule has 1 fully saturated rings. The molecule has 1 aliphatic carbocycles. The molecule has 1 rings (SSSR count). The lowest BCUT2D eigenvalue weighted by molar-refractivity contribution is -0.118. The molecule has 0 aromatic rings. The first-order valence-corrected chi connectivity index (χ1v) is 4.57. The number of rotatable bonds is 2. The summed E-state index contributed by atoms with van der Waals surface area (Å²) in [6.45, 7) is 8.35. The van der Waals surface area contributed by atoms with Crippen LogP contribution < -0.4 is 0 Å². The molecule has 0 bridgehead atoms. The minimum atomic E-state index is 0.00174. The van der Waals surface area contributed by atoms with E-state index < -0.39 is 0 Å². The van der Waals surface area contributed by atoms with E-state index in [1.54, 1.807) is 6.08 Å². The van der Waals surface area contributed by atoms with Gasteiger partial charge in [-0.3, -0.25) is 4.79 Å². The van der Waals surface area contributed by atoms with Gasteiger partial charge < -0.3 is 0 Å².